The van der Waals surface area contributed by atoms with E-state index < -0.39 is 0 Å². The number of dihydropyridines is 2. The second-order valence-corrected chi connectivity index (χ2v) is 2.71. The minimum atomic E-state index is 0.914. The van der Waals surface area contributed by atoms with Crippen molar-refractivity contribution in [2.45, 2.75) is 6.42 Å². The summed E-state index contributed by atoms with van der Waals surface area (Å²) in [5, 5.41) is 3.17. The normalized spacial score (nSPS) is 21.6. The van der Waals surface area contributed by atoms with Gasteiger partial charge in [-0.3, -0.25) is 4.99 Å². The highest BCUT2D eigenvalue weighted by molar-refractivity contribution is 5.82. The van der Waals surface area contributed by atoms with Crippen LogP contribution in [0.5, 0.6) is 0 Å². The van der Waals surface area contributed by atoms with Gasteiger partial charge in [-0.05, 0) is 18.1 Å². The van der Waals surface area contributed by atoms with Gasteiger partial charge in [-0.15, -0.1) is 0 Å². The van der Waals surface area contributed by atoms with Gasteiger partial charge in [0.15, 0.2) is 0 Å². The average Bonchev–Trinajstić information content (AvgIpc) is 2.04. The van der Waals surface area contributed by atoms with Gasteiger partial charge in [-0.25, -0.2) is 0 Å². The summed E-state index contributed by atoms with van der Waals surface area (Å²) in [7, 11) is 0. The molecule has 2 heterocycles. The summed E-state index contributed by atoms with van der Waals surface area (Å²) < 4.78 is 0. The lowest BCUT2D eigenvalue weighted by Crippen LogP contribution is -2.19. The maximum absolute atomic E-state index is 4.18. The van der Waals surface area contributed by atoms with E-state index in [1.54, 1.807) is 0 Å². The number of aliphatic imine (C=N–C) groups is 1. The number of rotatable bonds is 0. The second kappa shape index (κ2) is 2.38. The molecule has 2 aliphatic rings. The standard InChI is InChI=1S/C9H10N2/c1-7-2-3-8-4-5-10-6-9(8)11-7/h2-3,6,11H,1,4-5H2. The predicted octanol–water partition coefficient (Wildman–Crippen LogP) is 1.39. The molecule has 0 fully saturated rings. The lowest BCUT2D eigenvalue weighted by atomic mass is 10.0. The molecule has 0 radical (unpaired) electrons. The van der Waals surface area contributed by atoms with Crippen molar-refractivity contribution in [2.75, 3.05) is 6.54 Å². The van der Waals surface area contributed by atoms with E-state index in [2.05, 4.69) is 23.0 Å². The van der Waals surface area contributed by atoms with E-state index in [-0.39, 0.29) is 0 Å². The molecular weight excluding hydrogens is 136 g/mol. The molecule has 0 aliphatic carbocycles. The molecule has 2 rings (SSSR count). The Kier molecular flexibility index (Phi) is 1.39. The monoisotopic (exact) mass is 146 g/mol. The molecule has 0 bridgehead atoms. The largest absolute Gasteiger partial charge is 0.355 e. The number of hydrogen-bond donors (Lipinski definition) is 1. The van der Waals surface area contributed by atoms with Crippen LogP contribution in [0.3, 0.4) is 0 Å². The van der Waals surface area contributed by atoms with Crippen molar-refractivity contribution in [3.05, 3.63) is 35.7 Å². The lowest BCUT2D eigenvalue weighted by Gasteiger charge is -2.18. The molecule has 0 aromatic heterocycles. The Morgan fingerprint density at radius 3 is 3.27 bits per heavy atom. The predicted molar refractivity (Wildman–Crippen MR) is 46.4 cm³/mol. The van der Waals surface area contributed by atoms with Crippen LogP contribution in [0.4, 0.5) is 0 Å². The quantitative estimate of drug-likeness (QED) is 0.548. The van der Waals surface area contributed by atoms with Crippen molar-refractivity contribution in [2.24, 2.45) is 4.99 Å². The summed E-state index contributed by atoms with van der Waals surface area (Å²) in [6, 6.07) is 0. The van der Waals surface area contributed by atoms with Crippen LogP contribution in [0.25, 0.3) is 0 Å². The summed E-state index contributed by atoms with van der Waals surface area (Å²) in [4.78, 5) is 4.18. The molecule has 0 saturated carbocycles. The molecule has 0 saturated heterocycles. The number of nitrogens with zero attached hydrogens (tertiary/aromatic N) is 1. The van der Waals surface area contributed by atoms with Crippen LogP contribution in [0.1, 0.15) is 6.42 Å². The Bertz CT molecular complexity index is 282. The molecule has 2 nitrogen and oxygen atoms in total. The third-order valence-electron chi connectivity index (χ3n) is 1.86. The lowest BCUT2D eigenvalue weighted by molar-refractivity contribution is 0.899. The van der Waals surface area contributed by atoms with E-state index in [4.69, 9.17) is 0 Å². The topological polar surface area (TPSA) is 24.4 Å². The summed E-state index contributed by atoms with van der Waals surface area (Å²) in [6.07, 6.45) is 7.04. The van der Waals surface area contributed by atoms with Gasteiger partial charge >= 0.3 is 0 Å². The van der Waals surface area contributed by atoms with Gasteiger partial charge in [0.05, 0.1) is 5.70 Å². The summed E-state index contributed by atoms with van der Waals surface area (Å²) in [5.74, 6) is 0. The first-order chi connectivity index (χ1) is 5.36. The van der Waals surface area contributed by atoms with Crippen LogP contribution < -0.4 is 5.32 Å². The second-order valence-electron chi connectivity index (χ2n) is 2.71. The first-order valence-electron chi connectivity index (χ1n) is 3.73. The van der Waals surface area contributed by atoms with Crippen molar-refractivity contribution in [1.29, 1.82) is 0 Å². The molecule has 0 aromatic rings. The van der Waals surface area contributed by atoms with Crippen LogP contribution in [0.15, 0.2) is 40.7 Å². The molecule has 11 heavy (non-hydrogen) atoms. The third kappa shape index (κ3) is 1.11. The van der Waals surface area contributed by atoms with E-state index in [1.165, 1.54) is 5.57 Å². The smallest absolute Gasteiger partial charge is 0.0598 e. The average molecular weight is 146 g/mol. The fraction of sp³-hybridized carbons (Fsp3) is 0.222. The Hall–Kier alpha value is -1.31. The number of allylic oxidation sites excluding steroid dienone is 3. The van der Waals surface area contributed by atoms with Crippen LogP contribution in [-0.4, -0.2) is 12.8 Å². The minimum absolute atomic E-state index is 0.914. The Morgan fingerprint density at radius 2 is 2.36 bits per heavy atom. The Labute approximate surface area is 66.0 Å². The SMILES string of the molecule is C=C1C=CC2=C(C=NCC2)N1. The van der Waals surface area contributed by atoms with E-state index in [1.807, 2.05) is 12.3 Å². The number of hydrogen-bond acceptors (Lipinski definition) is 2. The van der Waals surface area contributed by atoms with Crippen LogP contribution >= 0.6 is 0 Å². The zero-order valence-corrected chi connectivity index (χ0v) is 6.30. The molecule has 0 atom stereocenters. The summed E-state index contributed by atoms with van der Waals surface area (Å²) in [6.45, 7) is 4.73. The Balaban J connectivity index is 2.34. The molecule has 0 spiro atoms. The summed E-state index contributed by atoms with van der Waals surface area (Å²) >= 11 is 0. The highest BCUT2D eigenvalue weighted by Gasteiger charge is 2.09. The van der Waals surface area contributed by atoms with Gasteiger partial charge in [-0.1, -0.05) is 12.7 Å². The van der Waals surface area contributed by atoms with Gasteiger partial charge in [0.1, 0.15) is 0 Å². The molecular formula is C9H10N2. The highest BCUT2D eigenvalue weighted by Crippen LogP contribution is 2.17. The van der Waals surface area contributed by atoms with Gasteiger partial charge in [0.25, 0.3) is 0 Å². The summed E-state index contributed by atoms with van der Waals surface area (Å²) in [5.41, 5.74) is 3.40. The van der Waals surface area contributed by atoms with Crippen molar-refractivity contribution >= 4 is 6.21 Å². The zero-order valence-electron chi connectivity index (χ0n) is 6.30. The van der Waals surface area contributed by atoms with E-state index in [0.29, 0.717) is 0 Å². The molecule has 0 unspecified atom stereocenters. The van der Waals surface area contributed by atoms with E-state index in [0.717, 1.165) is 24.4 Å². The van der Waals surface area contributed by atoms with Crippen LogP contribution in [-0.2, 0) is 0 Å². The fourth-order valence-electron chi connectivity index (χ4n) is 1.26. The van der Waals surface area contributed by atoms with E-state index >= 15 is 0 Å². The molecule has 56 valence electrons. The van der Waals surface area contributed by atoms with Gasteiger partial charge in [0, 0.05) is 18.5 Å². The van der Waals surface area contributed by atoms with Crippen molar-refractivity contribution in [3.8, 4) is 0 Å². The molecule has 0 amide bonds. The molecule has 2 aliphatic heterocycles. The fourth-order valence-corrected chi connectivity index (χ4v) is 1.26. The maximum Gasteiger partial charge on any atom is 0.0598 e. The molecule has 2 heteroatoms. The van der Waals surface area contributed by atoms with Crippen LogP contribution in [0, 0.1) is 0 Å². The van der Waals surface area contributed by atoms with Crippen molar-refractivity contribution in [1.82, 2.24) is 5.32 Å². The van der Waals surface area contributed by atoms with Crippen molar-refractivity contribution in [3.63, 3.8) is 0 Å². The van der Waals surface area contributed by atoms with Gasteiger partial charge < -0.3 is 5.32 Å². The van der Waals surface area contributed by atoms with E-state index in [9.17, 15) is 0 Å². The van der Waals surface area contributed by atoms with Crippen LogP contribution in [0.2, 0.25) is 0 Å². The third-order valence-corrected chi connectivity index (χ3v) is 1.86. The maximum atomic E-state index is 4.18. The first kappa shape index (κ1) is 6.40. The number of nitrogens with one attached hydrogen (secondary N) is 1. The molecule has 1 N–H and O–H groups in total. The van der Waals surface area contributed by atoms with Gasteiger partial charge in [-0.2, -0.15) is 0 Å². The molecule has 0 aromatic carbocycles. The first-order valence-corrected chi connectivity index (χ1v) is 3.73. The zero-order chi connectivity index (χ0) is 7.68. The minimum Gasteiger partial charge on any atom is -0.355 e. The highest BCUT2D eigenvalue weighted by atomic mass is 14.9. The van der Waals surface area contributed by atoms with Crippen molar-refractivity contribution < 1.29 is 0 Å². The Morgan fingerprint density at radius 1 is 1.45 bits per heavy atom. The van der Waals surface area contributed by atoms with Gasteiger partial charge in [0.2, 0.25) is 0 Å².